The summed E-state index contributed by atoms with van der Waals surface area (Å²) in [5.41, 5.74) is 4.13. The third-order valence-corrected chi connectivity index (χ3v) is 5.18. The van der Waals surface area contributed by atoms with Gasteiger partial charge >= 0.3 is 0 Å². The van der Waals surface area contributed by atoms with Crippen LogP contribution in [0, 0.1) is 0 Å². The highest BCUT2D eigenvalue weighted by Crippen LogP contribution is 2.25. The second-order valence-electron chi connectivity index (χ2n) is 5.98. The van der Waals surface area contributed by atoms with Gasteiger partial charge in [-0.3, -0.25) is 4.79 Å². The number of aryl methyl sites for hydroxylation is 2. The summed E-state index contributed by atoms with van der Waals surface area (Å²) in [6, 6.07) is 12.4. The van der Waals surface area contributed by atoms with Gasteiger partial charge in [-0.05, 0) is 61.4 Å². The molecule has 0 bridgehead atoms. The fourth-order valence-corrected chi connectivity index (χ4v) is 3.63. The fraction of sp³-hybridized carbons (Fsp3) is 0.368. The Hall–Kier alpha value is -1.81. The van der Waals surface area contributed by atoms with Gasteiger partial charge in [0.15, 0.2) is 0 Å². The predicted molar refractivity (Wildman–Crippen MR) is 94.6 cm³/mol. The number of hydrogen-bond donors (Lipinski definition) is 1. The maximum Gasteiger partial charge on any atom is 0.230 e. The molecule has 3 nitrogen and oxygen atoms in total. The fourth-order valence-electron chi connectivity index (χ4n) is 2.96. The molecule has 1 unspecified atom stereocenters. The normalized spacial score (nSPS) is 14.8. The molecule has 0 saturated carbocycles. The first-order chi connectivity index (χ1) is 11.2. The van der Waals surface area contributed by atoms with Crippen LogP contribution in [0.15, 0.2) is 47.6 Å². The minimum Gasteiger partial charge on any atom is -0.349 e. The van der Waals surface area contributed by atoms with E-state index in [9.17, 15) is 4.79 Å². The molecule has 1 aromatic heterocycles. The number of nitrogens with one attached hydrogen (secondary N) is 1. The highest BCUT2D eigenvalue weighted by atomic mass is 32.2. The second kappa shape index (κ2) is 7.64. The number of thioether (sulfide) groups is 1. The first-order valence-corrected chi connectivity index (χ1v) is 9.16. The number of carbonyl (C=O) groups excluding carboxylic acids is 1. The SMILES string of the molecule is CC(NC(=O)CSc1ccccn1)c1ccc2c(c1)CCCC2. The minimum absolute atomic E-state index is 0.0408. The maximum absolute atomic E-state index is 12.1. The Labute approximate surface area is 141 Å². The van der Waals surface area contributed by atoms with E-state index in [0.717, 1.165) is 5.03 Å². The number of aromatic nitrogens is 1. The van der Waals surface area contributed by atoms with Crippen LogP contribution < -0.4 is 5.32 Å². The largest absolute Gasteiger partial charge is 0.349 e. The molecule has 0 fully saturated rings. The number of amides is 1. The van der Waals surface area contributed by atoms with E-state index < -0.39 is 0 Å². The van der Waals surface area contributed by atoms with Gasteiger partial charge in [-0.25, -0.2) is 4.98 Å². The smallest absolute Gasteiger partial charge is 0.230 e. The molecular formula is C19H22N2OS. The van der Waals surface area contributed by atoms with Crippen LogP contribution in [-0.2, 0) is 17.6 Å². The van der Waals surface area contributed by atoms with E-state index in [0.29, 0.717) is 5.75 Å². The van der Waals surface area contributed by atoms with Gasteiger partial charge in [-0.2, -0.15) is 0 Å². The molecule has 1 heterocycles. The summed E-state index contributed by atoms with van der Waals surface area (Å²) in [5, 5.41) is 3.96. The highest BCUT2D eigenvalue weighted by Gasteiger charge is 2.14. The van der Waals surface area contributed by atoms with Gasteiger partial charge in [-0.1, -0.05) is 36.0 Å². The summed E-state index contributed by atoms with van der Waals surface area (Å²) in [4.78, 5) is 16.3. The van der Waals surface area contributed by atoms with Crippen molar-refractivity contribution >= 4 is 17.7 Å². The topological polar surface area (TPSA) is 42.0 Å². The summed E-state index contributed by atoms with van der Waals surface area (Å²) >= 11 is 1.47. The molecule has 4 heteroatoms. The Kier molecular flexibility index (Phi) is 5.34. The van der Waals surface area contributed by atoms with Crippen molar-refractivity contribution < 1.29 is 4.79 Å². The quantitative estimate of drug-likeness (QED) is 0.847. The standard InChI is InChI=1S/C19H22N2OS/c1-14(16-10-9-15-6-2-3-7-17(15)12-16)21-18(22)13-23-19-8-4-5-11-20-19/h4-5,8-12,14H,2-3,6-7,13H2,1H3,(H,21,22). The van der Waals surface area contributed by atoms with Gasteiger partial charge < -0.3 is 5.32 Å². The average Bonchev–Trinajstić information content (AvgIpc) is 2.60. The predicted octanol–water partition coefficient (Wildman–Crippen LogP) is 3.93. The number of fused-ring (bicyclic) bond motifs is 1. The maximum atomic E-state index is 12.1. The molecule has 1 aromatic carbocycles. The average molecular weight is 326 g/mol. The van der Waals surface area contributed by atoms with Gasteiger partial charge in [0.25, 0.3) is 0 Å². The van der Waals surface area contributed by atoms with Crippen molar-refractivity contribution in [2.75, 3.05) is 5.75 Å². The number of carbonyl (C=O) groups is 1. The Morgan fingerprint density at radius 3 is 2.83 bits per heavy atom. The molecule has 1 amide bonds. The lowest BCUT2D eigenvalue weighted by molar-refractivity contribution is -0.119. The van der Waals surface area contributed by atoms with Crippen molar-refractivity contribution in [3.63, 3.8) is 0 Å². The van der Waals surface area contributed by atoms with Crippen molar-refractivity contribution in [1.29, 1.82) is 0 Å². The van der Waals surface area contributed by atoms with E-state index >= 15 is 0 Å². The number of hydrogen-bond acceptors (Lipinski definition) is 3. The third kappa shape index (κ3) is 4.35. The van der Waals surface area contributed by atoms with Crippen LogP contribution in [0.1, 0.15) is 42.5 Å². The van der Waals surface area contributed by atoms with E-state index in [4.69, 9.17) is 0 Å². The molecule has 1 aliphatic rings. The number of benzene rings is 1. The van der Waals surface area contributed by atoms with Crippen LogP contribution in [0.4, 0.5) is 0 Å². The first kappa shape index (κ1) is 16.1. The molecule has 23 heavy (non-hydrogen) atoms. The van der Waals surface area contributed by atoms with Gasteiger partial charge in [0.1, 0.15) is 0 Å². The van der Waals surface area contributed by atoms with Crippen LogP contribution in [0.25, 0.3) is 0 Å². The van der Waals surface area contributed by atoms with Crippen molar-refractivity contribution in [3.05, 3.63) is 59.3 Å². The van der Waals surface area contributed by atoms with E-state index in [1.54, 1.807) is 6.20 Å². The Balaban J connectivity index is 1.56. The molecular weight excluding hydrogens is 304 g/mol. The van der Waals surface area contributed by atoms with Crippen molar-refractivity contribution in [3.8, 4) is 0 Å². The Morgan fingerprint density at radius 2 is 2.04 bits per heavy atom. The highest BCUT2D eigenvalue weighted by molar-refractivity contribution is 7.99. The van der Waals surface area contributed by atoms with Crippen LogP contribution in [0.5, 0.6) is 0 Å². The zero-order valence-corrected chi connectivity index (χ0v) is 14.2. The van der Waals surface area contributed by atoms with Crippen LogP contribution >= 0.6 is 11.8 Å². The lowest BCUT2D eigenvalue weighted by Gasteiger charge is -2.20. The second-order valence-corrected chi connectivity index (χ2v) is 6.98. The molecule has 0 saturated heterocycles. The summed E-state index contributed by atoms with van der Waals surface area (Å²) in [7, 11) is 0. The zero-order chi connectivity index (χ0) is 16.1. The summed E-state index contributed by atoms with van der Waals surface area (Å²) in [6.07, 6.45) is 6.67. The molecule has 1 atom stereocenters. The van der Waals surface area contributed by atoms with E-state index in [-0.39, 0.29) is 11.9 Å². The zero-order valence-electron chi connectivity index (χ0n) is 13.4. The third-order valence-electron chi connectivity index (χ3n) is 4.24. The minimum atomic E-state index is 0.0408. The number of rotatable bonds is 5. The summed E-state index contributed by atoms with van der Waals surface area (Å²) in [6.45, 7) is 2.05. The Morgan fingerprint density at radius 1 is 1.22 bits per heavy atom. The molecule has 3 rings (SSSR count). The van der Waals surface area contributed by atoms with Gasteiger partial charge in [0, 0.05) is 6.20 Å². The molecule has 0 radical (unpaired) electrons. The van der Waals surface area contributed by atoms with Gasteiger partial charge in [0.2, 0.25) is 5.91 Å². The molecule has 0 spiro atoms. The lowest BCUT2D eigenvalue weighted by atomic mass is 9.89. The van der Waals surface area contributed by atoms with Gasteiger partial charge in [-0.15, -0.1) is 0 Å². The van der Waals surface area contributed by atoms with Crippen LogP contribution in [0.3, 0.4) is 0 Å². The summed E-state index contributed by atoms with van der Waals surface area (Å²) in [5.74, 6) is 0.442. The lowest BCUT2D eigenvalue weighted by Crippen LogP contribution is -2.28. The molecule has 1 aliphatic carbocycles. The van der Waals surface area contributed by atoms with E-state index in [2.05, 4.69) is 28.5 Å². The van der Waals surface area contributed by atoms with Crippen molar-refractivity contribution in [2.45, 2.75) is 43.7 Å². The van der Waals surface area contributed by atoms with E-state index in [1.165, 1.54) is 54.1 Å². The summed E-state index contributed by atoms with van der Waals surface area (Å²) < 4.78 is 0. The molecule has 120 valence electrons. The van der Waals surface area contributed by atoms with E-state index in [1.807, 2.05) is 25.1 Å². The monoisotopic (exact) mass is 326 g/mol. The molecule has 2 aromatic rings. The Bertz CT molecular complexity index is 672. The molecule has 0 aliphatic heterocycles. The van der Waals surface area contributed by atoms with Gasteiger partial charge in [0.05, 0.1) is 16.8 Å². The van der Waals surface area contributed by atoms with Crippen LogP contribution in [0.2, 0.25) is 0 Å². The molecule has 1 N–H and O–H groups in total. The van der Waals surface area contributed by atoms with Crippen LogP contribution in [-0.4, -0.2) is 16.6 Å². The van der Waals surface area contributed by atoms with Crippen molar-refractivity contribution in [1.82, 2.24) is 10.3 Å². The number of nitrogens with zero attached hydrogens (tertiary/aromatic N) is 1. The first-order valence-electron chi connectivity index (χ1n) is 8.17. The van der Waals surface area contributed by atoms with Crippen molar-refractivity contribution in [2.24, 2.45) is 0 Å². The number of pyridine rings is 1.